The summed E-state index contributed by atoms with van der Waals surface area (Å²) in [6.07, 6.45) is 0. The molecule has 0 spiro atoms. The molecular formula is CO4S2. The zero-order valence-corrected chi connectivity index (χ0v) is 4.58. The fraction of sp³-hybridized carbons (Fsp3) is 0. The van der Waals surface area contributed by atoms with Crippen LogP contribution in [0.2, 0.25) is 0 Å². The van der Waals surface area contributed by atoms with Gasteiger partial charge in [-0.15, -0.1) is 0 Å². The zero-order chi connectivity index (χ0) is 6.71. The Bertz CT molecular complexity index is 61.3. The van der Waals surface area contributed by atoms with Gasteiger partial charge in [0, 0.05) is 0 Å². The molecule has 0 fully saturated rings. The quantitative estimate of drug-likeness (QED) is 0.318. The SMILES string of the molecule is O=S.O=S=O.[C-]#[O+]. The Hall–Kier alpha value is -0.420. The molecule has 0 rings (SSSR count). The summed E-state index contributed by atoms with van der Waals surface area (Å²) in [5, 5.41) is 0. The van der Waals surface area contributed by atoms with Gasteiger partial charge in [-0.05, 0) is 0 Å². The summed E-state index contributed by atoms with van der Waals surface area (Å²) < 4.78 is 31.9. The average Bonchev–Trinajstić information content (AvgIpc) is 1.78. The van der Waals surface area contributed by atoms with Crippen LogP contribution in [0.3, 0.4) is 0 Å². The Kier molecular flexibility index (Phi) is 795. The number of hydrogen-bond donors (Lipinski definition) is 0. The Morgan fingerprint density at radius 3 is 1.29 bits per heavy atom. The second-order valence-electron chi connectivity index (χ2n) is 0.0680. The van der Waals surface area contributed by atoms with E-state index in [1.54, 1.807) is 0 Å². The fourth-order valence-corrected chi connectivity index (χ4v) is 0. The summed E-state index contributed by atoms with van der Waals surface area (Å²) in [5.74, 6) is 0. The van der Waals surface area contributed by atoms with Crippen LogP contribution in [0.5, 0.6) is 0 Å². The maximum absolute atomic E-state index is 8.29. The first-order valence-corrected chi connectivity index (χ1v) is 1.70. The molecule has 0 bridgehead atoms. The van der Waals surface area contributed by atoms with Gasteiger partial charge in [0.1, 0.15) is 0 Å². The summed E-state index contributed by atoms with van der Waals surface area (Å²) >= 11 is 2.08. The van der Waals surface area contributed by atoms with Crippen molar-refractivity contribution in [2.75, 3.05) is 0 Å². The molecule has 7 heavy (non-hydrogen) atoms. The minimum atomic E-state index is -0.750. The molecule has 0 radical (unpaired) electrons. The fourth-order valence-electron chi connectivity index (χ4n) is 0. The molecule has 6 heteroatoms. The van der Waals surface area contributed by atoms with Gasteiger partial charge in [-0.1, -0.05) is 0 Å². The molecule has 0 aliphatic heterocycles. The predicted molar refractivity (Wildman–Crippen MR) is 21.0 cm³/mol. The molecule has 0 aliphatic carbocycles. The first-order chi connectivity index (χ1) is 3.41. The molecule has 40 valence electrons. The molecule has 0 aromatic rings. The molecule has 0 unspecified atom stereocenters. The van der Waals surface area contributed by atoms with Gasteiger partial charge in [0.15, 0.2) is 12.5 Å². The summed E-state index contributed by atoms with van der Waals surface area (Å²) in [7, 11) is 0. The van der Waals surface area contributed by atoms with Crippen molar-refractivity contribution in [1.82, 2.24) is 0 Å². The van der Waals surface area contributed by atoms with E-state index >= 15 is 0 Å². The van der Waals surface area contributed by atoms with Gasteiger partial charge in [0.2, 0.25) is 0 Å². The summed E-state index contributed by atoms with van der Waals surface area (Å²) in [4.78, 5) is 0. The van der Waals surface area contributed by atoms with E-state index < -0.39 is 11.6 Å². The van der Waals surface area contributed by atoms with Crippen molar-refractivity contribution in [3.63, 3.8) is 0 Å². The molecule has 0 amide bonds. The van der Waals surface area contributed by atoms with Crippen molar-refractivity contribution in [3.8, 4) is 0 Å². The standard InChI is InChI=1S/CO.O2S.OS/c1-2;1-3-2;1-2. The van der Waals surface area contributed by atoms with E-state index in [0.717, 1.165) is 0 Å². The van der Waals surface area contributed by atoms with Gasteiger partial charge >= 0.3 is 22.9 Å². The summed E-state index contributed by atoms with van der Waals surface area (Å²) in [5.41, 5.74) is 0. The molecule has 0 saturated carbocycles. The van der Waals surface area contributed by atoms with Gasteiger partial charge in [0.25, 0.3) is 0 Å². The Balaban J connectivity index is -0.0000000360. The van der Waals surface area contributed by atoms with Gasteiger partial charge in [0.05, 0.1) is 0 Å². The maximum atomic E-state index is 8.29. The van der Waals surface area contributed by atoms with E-state index in [0.29, 0.717) is 0 Å². The van der Waals surface area contributed by atoms with Gasteiger partial charge in [-0.2, -0.15) is 12.6 Å². The predicted octanol–water partition coefficient (Wildman–Crippen LogP) is -1.04. The molecular weight excluding hydrogens is 140 g/mol. The third kappa shape index (κ3) is 405. The Labute approximate surface area is 48.8 Å². The van der Waals surface area contributed by atoms with Crippen molar-refractivity contribution in [1.29, 1.82) is 0 Å². The van der Waals surface area contributed by atoms with E-state index in [1.165, 1.54) is 0 Å². The molecule has 0 atom stereocenters. The van der Waals surface area contributed by atoms with Gasteiger partial charge in [-0.25, -0.2) is 0 Å². The van der Waals surface area contributed by atoms with Crippen LogP contribution in [0.4, 0.5) is 0 Å². The molecule has 4 nitrogen and oxygen atoms in total. The van der Waals surface area contributed by atoms with E-state index in [1.807, 2.05) is 0 Å². The van der Waals surface area contributed by atoms with Crippen LogP contribution in [-0.2, 0) is 28.8 Å². The minimum absolute atomic E-state index is 0.750. The van der Waals surface area contributed by atoms with Crippen molar-refractivity contribution < 1.29 is 17.3 Å². The third-order valence-electron chi connectivity index (χ3n) is 0. The monoisotopic (exact) mass is 140 g/mol. The molecule has 0 aliphatic rings. The summed E-state index contributed by atoms with van der Waals surface area (Å²) in [6, 6.07) is 0. The van der Waals surface area contributed by atoms with Crippen LogP contribution in [0, 0.1) is 6.65 Å². The van der Waals surface area contributed by atoms with E-state index in [2.05, 4.69) is 19.2 Å². The normalized spacial score (nSPS) is 2.57. The number of rotatable bonds is 0. The second kappa shape index (κ2) is 348. The van der Waals surface area contributed by atoms with Crippen molar-refractivity contribution in [3.05, 3.63) is 6.65 Å². The molecule has 0 saturated heterocycles. The first kappa shape index (κ1) is 16.0. The van der Waals surface area contributed by atoms with Crippen LogP contribution in [0.25, 0.3) is 0 Å². The van der Waals surface area contributed by atoms with Crippen molar-refractivity contribution in [2.24, 2.45) is 0 Å². The Morgan fingerprint density at radius 1 is 1.29 bits per heavy atom. The van der Waals surface area contributed by atoms with Crippen molar-refractivity contribution in [2.45, 2.75) is 0 Å². The van der Waals surface area contributed by atoms with Gasteiger partial charge < -0.3 is 0 Å². The Morgan fingerprint density at radius 2 is 1.29 bits per heavy atom. The van der Waals surface area contributed by atoms with Crippen LogP contribution in [0.1, 0.15) is 0 Å². The molecule has 0 aromatic carbocycles. The summed E-state index contributed by atoms with van der Waals surface area (Å²) in [6.45, 7) is 4.50. The second-order valence-corrected chi connectivity index (χ2v) is 0.204. The van der Waals surface area contributed by atoms with E-state index in [4.69, 9.17) is 17.3 Å². The van der Waals surface area contributed by atoms with Crippen LogP contribution < -0.4 is 0 Å². The molecule has 0 N–H and O–H groups in total. The van der Waals surface area contributed by atoms with Crippen LogP contribution >= 0.6 is 0 Å². The van der Waals surface area contributed by atoms with Crippen LogP contribution in [-0.4, -0.2) is 12.6 Å². The molecule has 0 aromatic heterocycles. The first-order valence-electron chi connectivity index (χ1n) is 0.704. The van der Waals surface area contributed by atoms with Crippen LogP contribution in [0.15, 0.2) is 0 Å². The topological polar surface area (TPSA) is 71.1 Å². The average molecular weight is 140 g/mol. The zero-order valence-electron chi connectivity index (χ0n) is 2.95. The number of hydrogen-bond acceptors (Lipinski definition) is 4. The van der Waals surface area contributed by atoms with E-state index in [9.17, 15) is 0 Å². The third-order valence-corrected chi connectivity index (χ3v) is 0. The van der Waals surface area contributed by atoms with Crippen molar-refractivity contribution >= 4 is 24.1 Å². The van der Waals surface area contributed by atoms with Gasteiger partial charge in [-0.3, -0.25) is 0 Å². The molecule has 0 heterocycles. The van der Waals surface area contributed by atoms with E-state index in [-0.39, 0.29) is 0 Å².